The van der Waals surface area contributed by atoms with Gasteiger partial charge < -0.3 is 15.7 Å². The number of urea groups is 1. The highest BCUT2D eigenvalue weighted by Crippen LogP contribution is 2.29. The molecule has 19 heavy (non-hydrogen) atoms. The van der Waals surface area contributed by atoms with Crippen molar-refractivity contribution < 1.29 is 14.7 Å². The van der Waals surface area contributed by atoms with Crippen molar-refractivity contribution in [3.8, 4) is 0 Å². The minimum atomic E-state index is -1.05. The van der Waals surface area contributed by atoms with Gasteiger partial charge in [0.05, 0.1) is 21.1 Å². The summed E-state index contributed by atoms with van der Waals surface area (Å²) in [7, 11) is 0. The Balaban J connectivity index is 2.62. The van der Waals surface area contributed by atoms with Crippen molar-refractivity contribution in [3.63, 3.8) is 0 Å². The summed E-state index contributed by atoms with van der Waals surface area (Å²) in [6.07, 6.45) is 0. The van der Waals surface area contributed by atoms with E-state index in [1.807, 2.05) is 0 Å². The van der Waals surface area contributed by atoms with E-state index in [-0.39, 0.29) is 11.6 Å². The van der Waals surface area contributed by atoms with Gasteiger partial charge in [0.25, 0.3) is 0 Å². The fourth-order valence-electron chi connectivity index (χ4n) is 1.14. The van der Waals surface area contributed by atoms with E-state index in [0.29, 0.717) is 10.7 Å². The third-order valence-electron chi connectivity index (χ3n) is 2.47. The van der Waals surface area contributed by atoms with Gasteiger partial charge in [-0.2, -0.15) is 0 Å². The number of hydrogen-bond acceptors (Lipinski definition) is 2. The lowest BCUT2D eigenvalue weighted by atomic mass is 9.94. The van der Waals surface area contributed by atoms with Crippen LogP contribution in [0.1, 0.15) is 13.8 Å². The molecule has 0 spiro atoms. The highest BCUT2D eigenvalue weighted by Gasteiger charge is 2.27. The maximum atomic E-state index is 11.6. The number of carbonyl (C=O) groups excluding carboxylic acids is 1. The summed E-state index contributed by atoms with van der Waals surface area (Å²) >= 11 is 11.7. The molecule has 0 bridgehead atoms. The Labute approximate surface area is 120 Å². The summed E-state index contributed by atoms with van der Waals surface area (Å²) in [5.41, 5.74) is -0.685. The highest BCUT2D eigenvalue weighted by atomic mass is 35.5. The molecule has 0 fully saturated rings. The number of benzene rings is 1. The van der Waals surface area contributed by atoms with E-state index >= 15 is 0 Å². The van der Waals surface area contributed by atoms with Crippen LogP contribution in [0.2, 0.25) is 10.0 Å². The lowest BCUT2D eigenvalue weighted by molar-refractivity contribution is -0.146. The monoisotopic (exact) mass is 304 g/mol. The first kappa shape index (κ1) is 15.6. The summed E-state index contributed by atoms with van der Waals surface area (Å²) in [5.74, 6) is -0.992. The molecule has 2 amide bonds. The molecule has 5 nitrogen and oxygen atoms in total. The molecular weight excluding hydrogens is 291 g/mol. The number of nitrogens with one attached hydrogen (secondary N) is 2. The van der Waals surface area contributed by atoms with Gasteiger partial charge in [0.15, 0.2) is 0 Å². The maximum absolute atomic E-state index is 11.6. The number of aliphatic carboxylic acids is 1. The number of amides is 2. The number of carboxylic acid groups (broad SMARTS) is 1. The standard InChI is InChI=1S/C12H14Cl2N2O3/c1-12(2,10(17)18)6-15-11(19)16-8-5-3-4-7(13)9(8)14/h3-5H,6H2,1-2H3,(H,17,18)(H2,15,16,19). The fourth-order valence-corrected chi connectivity index (χ4v) is 1.49. The normalized spacial score (nSPS) is 10.9. The average molecular weight is 305 g/mol. The van der Waals surface area contributed by atoms with Gasteiger partial charge in [-0.25, -0.2) is 4.79 Å². The van der Waals surface area contributed by atoms with Gasteiger partial charge in [0.1, 0.15) is 0 Å². The van der Waals surface area contributed by atoms with Crippen molar-refractivity contribution in [2.75, 3.05) is 11.9 Å². The van der Waals surface area contributed by atoms with Crippen molar-refractivity contribution in [1.29, 1.82) is 0 Å². The van der Waals surface area contributed by atoms with Crippen LogP contribution in [0.15, 0.2) is 18.2 Å². The molecule has 1 aromatic rings. The molecule has 0 atom stereocenters. The molecule has 0 unspecified atom stereocenters. The number of anilines is 1. The zero-order chi connectivity index (χ0) is 14.6. The van der Waals surface area contributed by atoms with E-state index in [0.717, 1.165) is 0 Å². The molecule has 0 saturated heterocycles. The molecule has 1 aromatic carbocycles. The van der Waals surface area contributed by atoms with Crippen LogP contribution < -0.4 is 10.6 Å². The van der Waals surface area contributed by atoms with Crippen molar-refractivity contribution in [2.45, 2.75) is 13.8 Å². The molecule has 0 saturated carbocycles. The zero-order valence-corrected chi connectivity index (χ0v) is 12.0. The quantitative estimate of drug-likeness (QED) is 0.799. The number of rotatable bonds is 4. The van der Waals surface area contributed by atoms with Crippen molar-refractivity contribution in [3.05, 3.63) is 28.2 Å². The van der Waals surface area contributed by atoms with Gasteiger partial charge in [-0.3, -0.25) is 4.79 Å². The minimum Gasteiger partial charge on any atom is -0.481 e. The van der Waals surface area contributed by atoms with Crippen LogP contribution in [0.3, 0.4) is 0 Å². The molecule has 0 aliphatic heterocycles. The summed E-state index contributed by atoms with van der Waals surface area (Å²) in [6, 6.07) is 4.29. The molecule has 1 rings (SSSR count). The third-order valence-corrected chi connectivity index (χ3v) is 3.29. The zero-order valence-electron chi connectivity index (χ0n) is 10.5. The largest absolute Gasteiger partial charge is 0.481 e. The van der Waals surface area contributed by atoms with E-state index in [4.69, 9.17) is 28.3 Å². The van der Waals surface area contributed by atoms with Crippen LogP contribution in [0.25, 0.3) is 0 Å². The summed E-state index contributed by atoms with van der Waals surface area (Å²) in [4.78, 5) is 22.5. The Hall–Kier alpha value is -1.46. The predicted octanol–water partition coefficient (Wildman–Crippen LogP) is 3.23. The van der Waals surface area contributed by atoms with Crippen molar-refractivity contribution in [1.82, 2.24) is 5.32 Å². The van der Waals surface area contributed by atoms with E-state index in [1.165, 1.54) is 13.8 Å². The molecular formula is C12H14Cl2N2O3. The molecule has 0 aliphatic rings. The molecule has 0 aromatic heterocycles. The molecule has 0 radical (unpaired) electrons. The number of carbonyl (C=O) groups is 2. The first-order valence-electron chi connectivity index (χ1n) is 5.46. The third kappa shape index (κ3) is 4.29. The Morgan fingerprint density at radius 1 is 1.32 bits per heavy atom. The van der Waals surface area contributed by atoms with Gasteiger partial charge in [-0.1, -0.05) is 29.3 Å². The SMILES string of the molecule is CC(C)(CNC(=O)Nc1cccc(Cl)c1Cl)C(=O)O. The Kier molecular flexibility index (Phi) is 5.03. The predicted molar refractivity (Wildman–Crippen MR) is 74.9 cm³/mol. The first-order valence-corrected chi connectivity index (χ1v) is 6.22. The molecule has 3 N–H and O–H groups in total. The van der Waals surface area contributed by atoms with Crippen LogP contribution in [0.4, 0.5) is 10.5 Å². The van der Waals surface area contributed by atoms with Crippen LogP contribution in [-0.4, -0.2) is 23.7 Å². The van der Waals surface area contributed by atoms with Gasteiger partial charge in [-0.05, 0) is 26.0 Å². The lowest BCUT2D eigenvalue weighted by Gasteiger charge is -2.19. The topological polar surface area (TPSA) is 78.4 Å². The van der Waals surface area contributed by atoms with E-state index < -0.39 is 17.4 Å². The minimum absolute atomic E-state index is 0.00759. The highest BCUT2D eigenvalue weighted by molar-refractivity contribution is 6.43. The van der Waals surface area contributed by atoms with Crippen LogP contribution >= 0.6 is 23.2 Å². The Bertz CT molecular complexity index is 504. The Morgan fingerprint density at radius 3 is 2.53 bits per heavy atom. The maximum Gasteiger partial charge on any atom is 0.319 e. The first-order chi connectivity index (χ1) is 8.74. The van der Waals surface area contributed by atoms with Crippen LogP contribution in [0, 0.1) is 5.41 Å². The smallest absolute Gasteiger partial charge is 0.319 e. The Morgan fingerprint density at radius 2 is 1.95 bits per heavy atom. The van der Waals surface area contributed by atoms with Gasteiger partial charge in [0, 0.05) is 6.54 Å². The van der Waals surface area contributed by atoms with Gasteiger partial charge in [-0.15, -0.1) is 0 Å². The van der Waals surface area contributed by atoms with E-state index in [9.17, 15) is 9.59 Å². The summed E-state index contributed by atoms with van der Waals surface area (Å²) in [6.45, 7) is 3.02. The number of hydrogen-bond donors (Lipinski definition) is 3. The van der Waals surface area contributed by atoms with Crippen LogP contribution in [0.5, 0.6) is 0 Å². The molecule has 104 valence electrons. The molecule has 7 heteroatoms. The molecule has 0 heterocycles. The van der Waals surface area contributed by atoms with Gasteiger partial charge >= 0.3 is 12.0 Å². The molecule has 0 aliphatic carbocycles. The number of carboxylic acids is 1. The fraction of sp³-hybridized carbons (Fsp3) is 0.333. The van der Waals surface area contributed by atoms with Crippen LogP contribution in [-0.2, 0) is 4.79 Å². The van der Waals surface area contributed by atoms with Crippen molar-refractivity contribution in [2.24, 2.45) is 5.41 Å². The van der Waals surface area contributed by atoms with Gasteiger partial charge in [0.2, 0.25) is 0 Å². The lowest BCUT2D eigenvalue weighted by Crippen LogP contribution is -2.40. The second-order valence-electron chi connectivity index (χ2n) is 4.60. The van der Waals surface area contributed by atoms with Crippen molar-refractivity contribution >= 4 is 40.9 Å². The number of halogens is 2. The average Bonchev–Trinajstić information content (AvgIpc) is 2.32. The van der Waals surface area contributed by atoms with E-state index in [2.05, 4.69) is 10.6 Å². The summed E-state index contributed by atoms with van der Waals surface area (Å²) in [5, 5.41) is 14.4. The second-order valence-corrected chi connectivity index (χ2v) is 5.38. The summed E-state index contributed by atoms with van der Waals surface area (Å²) < 4.78 is 0. The van der Waals surface area contributed by atoms with E-state index in [1.54, 1.807) is 18.2 Å². The second kappa shape index (κ2) is 6.12.